The zero-order chi connectivity index (χ0) is 31.6. The first-order valence-corrected chi connectivity index (χ1v) is 16.2. The summed E-state index contributed by atoms with van der Waals surface area (Å²) >= 11 is 0. The van der Waals surface area contributed by atoms with E-state index >= 15 is 0 Å². The van der Waals surface area contributed by atoms with E-state index in [-0.39, 0.29) is 12.0 Å². The van der Waals surface area contributed by atoms with Crippen LogP contribution in [0.2, 0.25) is 0 Å². The Morgan fingerprint density at radius 2 is 1.29 bits per heavy atom. The zero-order valence-electron chi connectivity index (χ0n) is 25.7. The summed E-state index contributed by atoms with van der Waals surface area (Å²) in [6, 6.07) is 45.8. The third-order valence-electron chi connectivity index (χ3n) is 9.50. The second kappa shape index (κ2) is 10.6. The Kier molecular flexibility index (Phi) is 5.93. The number of allylic oxidation sites excluding steroid dienone is 2. The summed E-state index contributed by atoms with van der Waals surface area (Å²) < 4.78 is 12.8. The van der Waals surface area contributed by atoms with Gasteiger partial charge in [0.05, 0.1) is 5.92 Å². The summed E-state index contributed by atoms with van der Waals surface area (Å²) in [6.07, 6.45) is 6.15. The number of fused-ring (bicyclic) bond motifs is 7. The van der Waals surface area contributed by atoms with Gasteiger partial charge in [-0.2, -0.15) is 0 Å². The highest BCUT2D eigenvalue weighted by Gasteiger charge is 2.39. The van der Waals surface area contributed by atoms with Crippen molar-refractivity contribution < 1.29 is 9.15 Å². The molecule has 1 aliphatic carbocycles. The van der Waals surface area contributed by atoms with Crippen molar-refractivity contribution >= 4 is 38.3 Å². The molecule has 6 aromatic carbocycles. The molecule has 2 aliphatic rings. The molecule has 48 heavy (non-hydrogen) atoms. The van der Waals surface area contributed by atoms with Crippen LogP contribution in [0.25, 0.3) is 72.2 Å². The molecule has 0 fully saturated rings. The van der Waals surface area contributed by atoms with Gasteiger partial charge in [0.15, 0.2) is 17.5 Å². The Hall–Kier alpha value is -6.33. The van der Waals surface area contributed by atoms with E-state index < -0.39 is 0 Å². The van der Waals surface area contributed by atoms with E-state index in [2.05, 4.69) is 103 Å². The fraction of sp³-hybridized carbons (Fsp3) is 0.0465. The van der Waals surface area contributed by atoms with E-state index in [9.17, 15) is 0 Å². The number of para-hydroxylation sites is 1. The minimum absolute atomic E-state index is 0.0555. The Morgan fingerprint density at radius 1 is 0.542 bits per heavy atom. The van der Waals surface area contributed by atoms with Crippen molar-refractivity contribution in [2.75, 3.05) is 0 Å². The Bertz CT molecular complexity index is 2620. The summed E-state index contributed by atoms with van der Waals surface area (Å²) in [5.74, 6) is 2.76. The largest absolute Gasteiger partial charge is 0.485 e. The molecule has 2 aromatic heterocycles. The average Bonchev–Trinajstić information content (AvgIpc) is 3.73. The number of aromatic nitrogens is 3. The normalized spacial score (nSPS) is 16.5. The van der Waals surface area contributed by atoms with Crippen LogP contribution in [-0.2, 0) is 0 Å². The molecule has 8 aromatic rings. The second-order valence-corrected chi connectivity index (χ2v) is 12.3. The molecule has 3 heterocycles. The first-order valence-electron chi connectivity index (χ1n) is 16.2. The van der Waals surface area contributed by atoms with Gasteiger partial charge >= 0.3 is 0 Å². The van der Waals surface area contributed by atoms with Gasteiger partial charge in [-0.3, -0.25) is 0 Å². The summed E-state index contributed by atoms with van der Waals surface area (Å²) in [6.45, 7) is 0. The number of rotatable bonds is 4. The van der Waals surface area contributed by atoms with Crippen LogP contribution in [0.1, 0.15) is 17.3 Å². The minimum atomic E-state index is -0.165. The van der Waals surface area contributed by atoms with Crippen LogP contribution >= 0.6 is 0 Å². The number of ether oxygens (including phenoxy) is 1. The van der Waals surface area contributed by atoms with Gasteiger partial charge in [-0.15, -0.1) is 0 Å². The summed E-state index contributed by atoms with van der Waals surface area (Å²) in [5, 5.41) is 4.55. The first kappa shape index (κ1) is 26.8. The van der Waals surface area contributed by atoms with E-state index in [1.54, 1.807) is 0 Å². The van der Waals surface area contributed by atoms with Gasteiger partial charge in [0.2, 0.25) is 0 Å². The molecule has 0 saturated heterocycles. The molecule has 2 atom stereocenters. The van der Waals surface area contributed by atoms with Crippen LogP contribution in [0.4, 0.5) is 0 Å². The van der Waals surface area contributed by atoms with Gasteiger partial charge < -0.3 is 9.15 Å². The quantitative estimate of drug-likeness (QED) is 0.197. The third kappa shape index (κ3) is 4.28. The predicted octanol–water partition coefficient (Wildman–Crippen LogP) is 10.4. The number of nitrogens with zero attached hydrogens (tertiary/aromatic N) is 3. The lowest BCUT2D eigenvalue weighted by molar-refractivity contribution is 0.271. The topological polar surface area (TPSA) is 61.0 Å². The molecule has 0 saturated carbocycles. The molecule has 2 unspecified atom stereocenters. The van der Waals surface area contributed by atoms with Crippen molar-refractivity contribution in [1.82, 2.24) is 15.0 Å². The van der Waals surface area contributed by atoms with Gasteiger partial charge in [0, 0.05) is 33.0 Å². The maximum absolute atomic E-state index is 6.66. The Morgan fingerprint density at radius 3 is 2.21 bits per heavy atom. The van der Waals surface area contributed by atoms with Gasteiger partial charge in [-0.25, -0.2) is 15.0 Å². The van der Waals surface area contributed by atoms with Gasteiger partial charge in [-0.05, 0) is 52.2 Å². The Labute approximate surface area is 276 Å². The number of benzene rings is 6. The van der Waals surface area contributed by atoms with E-state index in [0.29, 0.717) is 17.5 Å². The molecule has 0 radical (unpaired) electrons. The van der Waals surface area contributed by atoms with Crippen molar-refractivity contribution in [2.24, 2.45) is 0 Å². The summed E-state index contributed by atoms with van der Waals surface area (Å²) in [5.41, 5.74) is 8.00. The zero-order valence-corrected chi connectivity index (χ0v) is 25.7. The number of furan rings is 1. The fourth-order valence-electron chi connectivity index (χ4n) is 7.23. The van der Waals surface area contributed by atoms with Gasteiger partial charge in [0.1, 0.15) is 23.0 Å². The van der Waals surface area contributed by atoms with Gasteiger partial charge in [0.25, 0.3) is 0 Å². The molecule has 5 nitrogen and oxygen atoms in total. The Balaban J connectivity index is 1.09. The van der Waals surface area contributed by atoms with E-state index in [1.807, 2.05) is 48.5 Å². The van der Waals surface area contributed by atoms with Crippen LogP contribution in [0.15, 0.2) is 156 Å². The smallest absolute Gasteiger partial charge is 0.164 e. The van der Waals surface area contributed by atoms with Crippen LogP contribution in [0.3, 0.4) is 0 Å². The van der Waals surface area contributed by atoms with Crippen molar-refractivity contribution in [3.8, 4) is 39.7 Å². The maximum atomic E-state index is 6.66. The average molecular weight is 618 g/mol. The van der Waals surface area contributed by atoms with Crippen molar-refractivity contribution in [2.45, 2.75) is 12.0 Å². The van der Waals surface area contributed by atoms with Crippen LogP contribution < -0.4 is 4.74 Å². The molecule has 0 bridgehead atoms. The highest BCUT2D eigenvalue weighted by Crippen LogP contribution is 2.49. The predicted molar refractivity (Wildman–Crippen MR) is 192 cm³/mol. The highest BCUT2D eigenvalue weighted by molar-refractivity contribution is 6.12. The van der Waals surface area contributed by atoms with Crippen LogP contribution in [0.5, 0.6) is 5.75 Å². The maximum Gasteiger partial charge on any atom is 0.164 e. The third-order valence-corrected chi connectivity index (χ3v) is 9.50. The van der Waals surface area contributed by atoms with Crippen LogP contribution in [0, 0.1) is 0 Å². The first-order chi connectivity index (χ1) is 23.8. The standard InChI is InChI=1S/C43H27N3O2/c1-2-11-27(12-3-1)41-44-42(30-21-20-26-10-4-5-13-28(26)24-30)46-43(45-41)34-16-9-19-37-40(34)33-23-22-29(25-38(33)48-37)31-15-8-18-36-39(31)32-14-6-7-17-35(32)47-36/h1-25,37,40H. The van der Waals surface area contributed by atoms with Crippen LogP contribution in [-0.4, -0.2) is 21.1 Å². The lowest BCUT2D eigenvalue weighted by Gasteiger charge is -2.22. The van der Waals surface area contributed by atoms with E-state index in [4.69, 9.17) is 24.1 Å². The molecule has 10 rings (SSSR count). The molecule has 226 valence electrons. The molecule has 0 amide bonds. The molecule has 1 aliphatic heterocycles. The number of hydrogen-bond acceptors (Lipinski definition) is 5. The molecule has 5 heteroatoms. The molecule has 0 spiro atoms. The second-order valence-electron chi connectivity index (χ2n) is 12.3. The van der Waals surface area contributed by atoms with Crippen molar-refractivity contribution in [3.05, 3.63) is 163 Å². The fourth-order valence-corrected chi connectivity index (χ4v) is 7.23. The van der Waals surface area contributed by atoms with Gasteiger partial charge in [-0.1, -0.05) is 121 Å². The van der Waals surface area contributed by atoms with Crippen molar-refractivity contribution in [1.29, 1.82) is 0 Å². The molecular formula is C43H27N3O2. The summed E-state index contributed by atoms with van der Waals surface area (Å²) in [4.78, 5) is 15.2. The monoisotopic (exact) mass is 617 g/mol. The molecule has 0 N–H and O–H groups in total. The minimum Gasteiger partial charge on any atom is -0.485 e. The number of hydrogen-bond donors (Lipinski definition) is 0. The van der Waals surface area contributed by atoms with E-state index in [1.165, 1.54) is 5.39 Å². The highest BCUT2D eigenvalue weighted by atomic mass is 16.5. The summed E-state index contributed by atoms with van der Waals surface area (Å²) in [7, 11) is 0. The van der Waals surface area contributed by atoms with Crippen molar-refractivity contribution in [3.63, 3.8) is 0 Å². The molecular weight excluding hydrogens is 590 g/mol. The lowest BCUT2D eigenvalue weighted by atomic mass is 9.83. The van der Waals surface area contributed by atoms with E-state index in [0.717, 1.165) is 66.5 Å². The lowest BCUT2D eigenvalue weighted by Crippen LogP contribution is -2.20. The SMILES string of the molecule is C1=CC2Oc3cc(-c4cccc5oc6ccccc6c45)ccc3C2C(c2nc(-c3ccccc3)nc(-c3ccc4ccccc4c3)n2)=C1.